The number of hydroxylamine groups is 1. The highest BCUT2D eigenvalue weighted by molar-refractivity contribution is 5.86. The predicted molar refractivity (Wildman–Crippen MR) is 103 cm³/mol. The summed E-state index contributed by atoms with van der Waals surface area (Å²) in [5.74, 6) is -0.364. The lowest BCUT2D eigenvalue weighted by Gasteiger charge is -2.14. The van der Waals surface area contributed by atoms with Crippen molar-refractivity contribution in [1.82, 2.24) is 15.0 Å². The van der Waals surface area contributed by atoms with Crippen LogP contribution in [-0.4, -0.2) is 15.5 Å². The number of para-hydroxylation sites is 2. The van der Waals surface area contributed by atoms with Gasteiger partial charge in [-0.15, -0.1) is 5.48 Å². The van der Waals surface area contributed by atoms with E-state index >= 15 is 0 Å². The summed E-state index contributed by atoms with van der Waals surface area (Å²) in [4.78, 5) is 21.0. The second-order valence-corrected chi connectivity index (χ2v) is 6.61. The van der Waals surface area contributed by atoms with Crippen LogP contribution in [0.15, 0.2) is 73.1 Å². The van der Waals surface area contributed by atoms with Crippen LogP contribution in [0.25, 0.3) is 27.7 Å². The molecular formula is C22H17N3O2. The number of aromatic nitrogens is 2. The molecular weight excluding hydrogens is 338 g/mol. The summed E-state index contributed by atoms with van der Waals surface area (Å²) in [5.41, 5.74) is 9.21. The first-order valence-electron chi connectivity index (χ1n) is 8.81. The lowest BCUT2D eigenvalue weighted by molar-refractivity contribution is -0.149. The molecule has 0 saturated carbocycles. The highest BCUT2D eigenvalue weighted by Crippen LogP contribution is 2.42. The van der Waals surface area contributed by atoms with Crippen molar-refractivity contribution < 1.29 is 9.63 Å². The molecule has 0 spiro atoms. The fraction of sp³-hybridized carbons (Fsp3) is 0.0909. The zero-order chi connectivity index (χ0) is 18.4. The Kier molecular flexibility index (Phi) is 3.55. The van der Waals surface area contributed by atoms with Gasteiger partial charge in [0.25, 0.3) is 0 Å². The van der Waals surface area contributed by atoms with Crippen LogP contribution in [0.2, 0.25) is 0 Å². The lowest BCUT2D eigenvalue weighted by Crippen LogP contribution is -2.23. The van der Waals surface area contributed by atoms with Gasteiger partial charge in [0, 0.05) is 47.1 Å². The fourth-order valence-electron chi connectivity index (χ4n) is 3.77. The van der Waals surface area contributed by atoms with Gasteiger partial charge in [-0.25, -0.2) is 0 Å². The molecule has 1 aliphatic heterocycles. The number of benzene rings is 2. The number of rotatable bonds is 3. The Morgan fingerprint density at radius 1 is 1.11 bits per heavy atom. The minimum absolute atomic E-state index is 0.202. The van der Waals surface area contributed by atoms with E-state index < -0.39 is 0 Å². The van der Waals surface area contributed by atoms with Gasteiger partial charge in [-0.05, 0) is 24.3 Å². The molecule has 0 fully saturated rings. The second kappa shape index (κ2) is 6.07. The summed E-state index contributed by atoms with van der Waals surface area (Å²) in [5, 5.41) is 1.10. The number of pyridine rings is 1. The average molecular weight is 355 g/mol. The number of fused-ring (bicyclic) bond motifs is 4. The molecule has 1 unspecified atom stereocenters. The van der Waals surface area contributed by atoms with Crippen molar-refractivity contribution in [2.75, 3.05) is 0 Å². The molecule has 5 nitrogen and oxygen atoms in total. The van der Waals surface area contributed by atoms with Crippen molar-refractivity contribution in [3.05, 3.63) is 84.3 Å². The molecule has 4 aromatic rings. The number of carbonyl (C=O) groups is 1. The zero-order valence-electron chi connectivity index (χ0n) is 14.7. The van der Waals surface area contributed by atoms with Gasteiger partial charge in [0.05, 0.1) is 11.2 Å². The molecule has 3 heterocycles. The van der Waals surface area contributed by atoms with E-state index in [4.69, 9.17) is 4.84 Å². The van der Waals surface area contributed by atoms with E-state index in [1.165, 1.54) is 6.92 Å². The summed E-state index contributed by atoms with van der Waals surface area (Å²) in [6, 6.07) is 20.3. The molecule has 5 heteroatoms. The molecule has 0 amide bonds. The van der Waals surface area contributed by atoms with Gasteiger partial charge in [0.1, 0.15) is 6.04 Å². The van der Waals surface area contributed by atoms with Crippen LogP contribution in [0.5, 0.6) is 0 Å². The Labute approximate surface area is 156 Å². The maximum atomic E-state index is 11.3. The first-order chi connectivity index (χ1) is 13.2. The fourth-order valence-corrected chi connectivity index (χ4v) is 3.77. The van der Waals surface area contributed by atoms with Crippen molar-refractivity contribution in [2.45, 2.75) is 13.0 Å². The molecule has 0 bridgehead atoms. The quantitative estimate of drug-likeness (QED) is 0.561. The molecule has 1 aliphatic rings. The Morgan fingerprint density at radius 2 is 2.00 bits per heavy atom. The number of hydrogen-bond acceptors (Lipinski definition) is 4. The van der Waals surface area contributed by atoms with Gasteiger partial charge in [0.2, 0.25) is 0 Å². The number of nitrogens with zero attached hydrogens (tertiary/aromatic N) is 2. The molecule has 0 saturated heterocycles. The van der Waals surface area contributed by atoms with Crippen LogP contribution in [0.4, 0.5) is 0 Å². The summed E-state index contributed by atoms with van der Waals surface area (Å²) in [7, 11) is 0. The first-order valence-corrected chi connectivity index (χ1v) is 8.81. The second-order valence-electron chi connectivity index (χ2n) is 6.61. The van der Waals surface area contributed by atoms with Gasteiger partial charge >= 0.3 is 5.97 Å². The van der Waals surface area contributed by atoms with Crippen molar-refractivity contribution in [2.24, 2.45) is 0 Å². The SMILES string of the molecule is CC(=O)ONC1c2cccc(-c3cnc4ccccc4c3)c2-n2cccc21. The highest BCUT2D eigenvalue weighted by atomic mass is 16.7. The third-order valence-electron chi connectivity index (χ3n) is 4.92. The Morgan fingerprint density at radius 3 is 2.89 bits per heavy atom. The Bertz CT molecular complexity index is 1180. The van der Waals surface area contributed by atoms with Crippen molar-refractivity contribution in [1.29, 1.82) is 0 Å². The van der Waals surface area contributed by atoms with E-state index in [-0.39, 0.29) is 12.0 Å². The summed E-state index contributed by atoms with van der Waals surface area (Å²) in [6.45, 7) is 1.39. The Hall–Kier alpha value is -3.44. The number of nitrogens with one attached hydrogen (secondary N) is 1. The summed E-state index contributed by atoms with van der Waals surface area (Å²) < 4.78 is 2.14. The van der Waals surface area contributed by atoms with Crippen LogP contribution < -0.4 is 5.48 Å². The van der Waals surface area contributed by atoms with Gasteiger partial charge in [-0.2, -0.15) is 0 Å². The Balaban J connectivity index is 1.67. The molecule has 1 atom stereocenters. The number of carbonyl (C=O) groups excluding carboxylic acids is 1. The molecule has 2 aromatic heterocycles. The van der Waals surface area contributed by atoms with Gasteiger partial charge in [-0.1, -0.05) is 36.4 Å². The normalized spacial score (nSPS) is 14.8. The van der Waals surface area contributed by atoms with E-state index in [9.17, 15) is 4.79 Å². The third kappa shape index (κ3) is 2.52. The number of hydrogen-bond donors (Lipinski definition) is 1. The van der Waals surface area contributed by atoms with Crippen molar-refractivity contribution in [3.8, 4) is 16.8 Å². The average Bonchev–Trinajstić information content (AvgIpc) is 3.27. The minimum atomic E-state index is -0.364. The highest BCUT2D eigenvalue weighted by Gasteiger charge is 2.31. The maximum absolute atomic E-state index is 11.3. The van der Waals surface area contributed by atoms with Crippen LogP contribution in [0, 0.1) is 0 Å². The van der Waals surface area contributed by atoms with Crippen molar-refractivity contribution in [3.63, 3.8) is 0 Å². The van der Waals surface area contributed by atoms with Gasteiger partial charge in [-0.3, -0.25) is 9.78 Å². The van der Waals surface area contributed by atoms with Crippen LogP contribution in [0.3, 0.4) is 0 Å². The monoisotopic (exact) mass is 355 g/mol. The third-order valence-corrected chi connectivity index (χ3v) is 4.92. The van der Waals surface area contributed by atoms with Gasteiger partial charge in [0.15, 0.2) is 0 Å². The van der Waals surface area contributed by atoms with Gasteiger partial charge < -0.3 is 9.40 Å². The molecule has 132 valence electrons. The predicted octanol–water partition coefficient (Wildman–Crippen LogP) is 4.16. The minimum Gasteiger partial charge on any atom is -0.370 e. The van der Waals surface area contributed by atoms with E-state index in [1.807, 2.05) is 48.8 Å². The molecule has 27 heavy (non-hydrogen) atoms. The molecule has 2 aromatic carbocycles. The zero-order valence-corrected chi connectivity index (χ0v) is 14.7. The summed E-state index contributed by atoms with van der Waals surface area (Å²) >= 11 is 0. The van der Waals surface area contributed by atoms with Crippen LogP contribution in [0.1, 0.15) is 24.2 Å². The smallest absolute Gasteiger partial charge is 0.321 e. The lowest BCUT2D eigenvalue weighted by atomic mass is 9.98. The molecule has 5 rings (SSSR count). The van der Waals surface area contributed by atoms with E-state index in [1.54, 1.807) is 0 Å². The maximum Gasteiger partial charge on any atom is 0.321 e. The van der Waals surface area contributed by atoms with Crippen LogP contribution in [-0.2, 0) is 9.63 Å². The van der Waals surface area contributed by atoms with E-state index in [2.05, 4.69) is 39.3 Å². The molecule has 0 aliphatic carbocycles. The topological polar surface area (TPSA) is 56.1 Å². The van der Waals surface area contributed by atoms with Crippen LogP contribution >= 0.6 is 0 Å². The standard InChI is InChI=1S/C22H17N3O2/c1-14(26)27-24-21-18-8-4-7-17(22(18)25-11-5-10-20(21)25)16-12-15-6-2-3-9-19(15)23-13-16/h2-13,21,24H,1H3. The largest absolute Gasteiger partial charge is 0.370 e. The van der Waals surface area contributed by atoms with E-state index in [0.717, 1.165) is 39.0 Å². The molecule has 0 radical (unpaired) electrons. The molecule has 1 N–H and O–H groups in total. The summed E-state index contributed by atoms with van der Waals surface area (Å²) in [6.07, 6.45) is 3.94. The van der Waals surface area contributed by atoms with E-state index in [0.29, 0.717) is 0 Å². The van der Waals surface area contributed by atoms with Crippen molar-refractivity contribution >= 4 is 16.9 Å². The first kappa shape index (κ1) is 15.8.